The molecule has 3 N–H and O–H groups in total. The Bertz CT molecular complexity index is 1220. The number of nitrogens with zero attached hydrogens (tertiary/aromatic N) is 2. The van der Waals surface area contributed by atoms with Gasteiger partial charge in [0, 0.05) is 5.92 Å². The molecule has 2 aliphatic heterocycles. The lowest BCUT2D eigenvalue weighted by Gasteiger charge is -2.50. The van der Waals surface area contributed by atoms with Crippen molar-refractivity contribution in [3.05, 3.63) is 41.5 Å². The summed E-state index contributed by atoms with van der Waals surface area (Å²) >= 11 is 17.2. The Labute approximate surface area is 211 Å². The van der Waals surface area contributed by atoms with E-state index in [0.717, 1.165) is 4.90 Å². The molecule has 0 bridgehead atoms. The number of allylic oxidation sites excluding steroid dienone is 2. The molecule has 9 nitrogen and oxygen atoms in total. The minimum absolute atomic E-state index is 0.0875. The van der Waals surface area contributed by atoms with Crippen molar-refractivity contribution >= 4 is 68.8 Å². The molecule has 3 fully saturated rings. The lowest BCUT2D eigenvalue weighted by Crippen LogP contribution is -2.60. The number of carbonyl (C=O) groups excluding carboxylic acids is 5. The highest BCUT2D eigenvalue weighted by Gasteiger charge is 2.76. The van der Waals surface area contributed by atoms with Gasteiger partial charge in [-0.25, -0.2) is 4.79 Å². The monoisotopic (exact) mass is 569 g/mol. The lowest BCUT2D eigenvalue weighted by atomic mass is 9.56. The molecular weight excluding hydrogens is 553 g/mol. The van der Waals surface area contributed by atoms with E-state index in [0.29, 0.717) is 16.0 Å². The highest BCUT2D eigenvalue weighted by Crippen LogP contribution is 2.65. The number of likely N-dealkylation sites (tertiary alicyclic amines) is 2. The SMILES string of the molecule is NC(=O)N1C(=O)C2CC=C3C(CC4(Cl)C(=O)N(CBr)C(=O)C4(Cl)C3c3cccc(O)c3)C2C1=O. The molecule has 5 rings (SSSR count). The molecule has 0 radical (unpaired) electrons. The summed E-state index contributed by atoms with van der Waals surface area (Å²) in [7, 11) is 0. The summed E-state index contributed by atoms with van der Waals surface area (Å²) in [5.41, 5.74) is 6.14. The summed E-state index contributed by atoms with van der Waals surface area (Å²) in [6.45, 7) is 0. The standard InChI is InChI=1S/C22H18BrCl2N3O6/c23-8-27-18(32)21(24)7-13-11(4-5-12-14(13)17(31)28(16(12)30)20(26)34)15(22(21,25)19(27)33)9-2-1-3-10(29)6-9/h1-4,6,12-15,29H,5,7-8H2,(H2,26,34). The summed E-state index contributed by atoms with van der Waals surface area (Å²) in [5.74, 6) is -6.55. The van der Waals surface area contributed by atoms with Crippen LogP contribution in [0.4, 0.5) is 4.79 Å². The number of hydrogen-bond acceptors (Lipinski definition) is 6. The molecule has 0 spiro atoms. The first-order chi connectivity index (χ1) is 16.0. The molecule has 2 aliphatic carbocycles. The van der Waals surface area contributed by atoms with Crippen LogP contribution in [-0.2, 0) is 19.2 Å². The van der Waals surface area contributed by atoms with Gasteiger partial charge in [0.1, 0.15) is 5.75 Å². The molecule has 2 heterocycles. The Morgan fingerprint density at radius 3 is 2.47 bits per heavy atom. The van der Waals surface area contributed by atoms with Gasteiger partial charge in [-0.15, -0.1) is 23.2 Å². The molecule has 1 saturated carbocycles. The average molecular weight is 571 g/mol. The Morgan fingerprint density at radius 2 is 1.85 bits per heavy atom. The van der Waals surface area contributed by atoms with Gasteiger partial charge >= 0.3 is 6.03 Å². The molecule has 6 unspecified atom stereocenters. The van der Waals surface area contributed by atoms with Crippen molar-refractivity contribution in [3.63, 3.8) is 0 Å². The molecule has 1 aromatic carbocycles. The molecule has 1 aromatic rings. The second-order valence-corrected chi connectivity index (χ2v) is 10.7. The number of alkyl halides is 3. The van der Waals surface area contributed by atoms with E-state index in [9.17, 15) is 29.1 Å². The maximum atomic E-state index is 13.5. The average Bonchev–Trinajstić information content (AvgIpc) is 3.12. The quantitative estimate of drug-likeness (QED) is 0.242. The zero-order valence-electron chi connectivity index (χ0n) is 17.4. The summed E-state index contributed by atoms with van der Waals surface area (Å²) in [4.78, 5) is 62.2. The molecule has 34 heavy (non-hydrogen) atoms. The number of amides is 6. The summed E-state index contributed by atoms with van der Waals surface area (Å²) in [5, 5.41) is 10.1. The van der Waals surface area contributed by atoms with Crippen molar-refractivity contribution < 1.29 is 29.1 Å². The minimum Gasteiger partial charge on any atom is -0.508 e. The van der Waals surface area contributed by atoms with Crippen LogP contribution in [0.3, 0.4) is 0 Å². The first kappa shape index (κ1) is 23.3. The van der Waals surface area contributed by atoms with Crippen molar-refractivity contribution in [1.82, 2.24) is 9.80 Å². The van der Waals surface area contributed by atoms with E-state index in [2.05, 4.69) is 15.9 Å². The first-order valence-electron chi connectivity index (χ1n) is 10.4. The number of nitrogens with two attached hydrogens (primary N) is 1. The van der Waals surface area contributed by atoms with Crippen LogP contribution < -0.4 is 5.73 Å². The van der Waals surface area contributed by atoms with E-state index in [1.54, 1.807) is 18.2 Å². The van der Waals surface area contributed by atoms with Gasteiger partial charge in [-0.2, -0.15) is 4.90 Å². The third kappa shape index (κ3) is 2.70. The van der Waals surface area contributed by atoms with Gasteiger partial charge in [-0.3, -0.25) is 24.1 Å². The number of imide groups is 4. The van der Waals surface area contributed by atoms with E-state index in [-0.39, 0.29) is 24.0 Å². The molecule has 0 aromatic heterocycles. The normalized spacial score (nSPS) is 36.9. The highest BCUT2D eigenvalue weighted by molar-refractivity contribution is 9.09. The lowest BCUT2D eigenvalue weighted by molar-refractivity contribution is -0.139. The van der Waals surface area contributed by atoms with Crippen molar-refractivity contribution in [2.24, 2.45) is 23.5 Å². The number of primary amides is 1. The van der Waals surface area contributed by atoms with E-state index in [4.69, 9.17) is 28.9 Å². The van der Waals surface area contributed by atoms with Gasteiger partial charge in [0.2, 0.25) is 11.8 Å². The second kappa shape index (κ2) is 7.53. The predicted molar refractivity (Wildman–Crippen MR) is 123 cm³/mol. The fourth-order valence-corrected chi connectivity index (χ4v) is 7.47. The molecular formula is C22H18BrCl2N3O6. The van der Waals surface area contributed by atoms with Crippen LogP contribution in [0.25, 0.3) is 0 Å². The Morgan fingerprint density at radius 1 is 1.15 bits per heavy atom. The van der Waals surface area contributed by atoms with Crippen molar-refractivity contribution in [2.75, 3.05) is 5.45 Å². The van der Waals surface area contributed by atoms with Crippen molar-refractivity contribution in [2.45, 2.75) is 28.5 Å². The molecule has 6 amide bonds. The smallest absolute Gasteiger partial charge is 0.328 e. The van der Waals surface area contributed by atoms with Gasteiger partial charge in [0.15, 0.2) is 9.75 Å². The van der Waals surface area contributed by atoms with Gasteiger partial charge in [0.05, 0.1) is 17.3 Å². The first-order valence-corrected chi connectivity index (χ1v) is 12.3. The number of aromatic hydroxyl groups is 1. The van der Waals surface area contributed by atoms with E-state index in [1.165, 1.54) is 12.1 Å². The molecule has 2 saturated heterocycles. The number of carbonyl (C=O) groups is 5. The second-order valence-electron chi connectivity index (χ2n) is 8.93. The van der Waals surface area contributed by atoms with Gasteiger partial charge < -0.3 is 10.8 Å². The number of halogens is 3. The predicted octanol–water partition coefficient (Wildman–Crippen LogP) is 2.18. The Balaban J connectivity index is 1.74. The number of phenols is 1. The number of hydrogen-bond donors (Lipinski definition) is 2. The molecule has 4 aliphatic rings. The summed E-state index contributed by atoms with van der Waals surface area (Å²) < 4.78 is 0. The minimum atomic E-state index is -1.95. The Kier molecular flexibility index (Phi) is 5.17. The van der Waals surface area contributed by atoms with E-state index < -0.39 is 63.1 Å². The highest BCUT2D eigenvalue weighted by atomic mass is 79.9. The van der Waals surface area contributed by atoms with Crippen LogP contribution in [0.5, 0.6) is 5.75 Å². The van der Waals surface area contributed by atoms with Crippen LogP contribution in [0, 0.1) is 17.8 Å². The van der Waals surface area contributed by atoms with Crippen LogP contribution >= 0.6 is 39.1 Å². The zero-order valence-corrected chi connectivity index (χ0v) is 20.5. The summed E-state index contributed by atoms with van der Waals surface area (Å²) in [6, 6.07) is 4.91. The Hall–Kier alpha value is -2.43. The number of rotatable bonds is 2. The largest absolute Gasteiger partial charge is 0.508 e. The van der Waals surface area contributed by atoms with Crippen LogP contribution in [-0.4, -0.2) is 59.8 Å². The van der Waals surface area contributed by atoms with E-state index in [1.807, 2.05) is 0 Å². The number of benzene rings is 1. The van der Waals surface area contributed by atoms with Gasteiger partial charge in [-0.1, -0.05) is 39.7 Å². The van der Waals surface area contributed by atoms with Crippen LogP contribution in [0.1, 0.15) is 24.3 Å². The fraction of sp³-hybridized carbons (Fsp3) is 0.409. The molecule has 12 heteroatoms. The third-order valence-electron chi connectivity index (χ3n) is 7.44. The van der Waals surface area contributed by atoms with Gasteiger partial charge in [-0.05, 0) is 36.5 Å². The number of urea groups is 1. The summed E-state index contributed by atoms with van der Waals surface area (Å²) in [6.07, 6.45) is 1.65. The maximum Gasteiger partial charge on any atom is 0.328 e. The third-order valence-corrected chi connectivity index (χ3v) is 9.35. The van der Waals surface area contributed by atoms with Crippen LogP contribution in [0.15, 0.2) is 35.9 Å². The van der Waals surface area contributed by atoms with Crippen molar-refractivity contribution in [1.29, 1.82) is 0 Å². The van der Waals surface area contributed by atoms with Gasteiger partial charge in [0.25, 0.3) is 11.8 Å². The van der Waals surface area contributed by atoms with E-state index >= 15 is 0 Å². The molecule has 6 atom stereocenters. The number of fused-ring (bicyclic) bond motifs is 4. The zero-order chi connectivity index (χ0) is 24.7. The fourth-order valence-electron chi connectivity index (χ4n) is 6.05. The van der Waals surface area contributed by atoms with Crippen LogP contribution in [0.2, 0.25) is 0 Å². The topological polar surface area (TPSA) is 138 Å². The van der Waals surface area contributed by atoms with Crippen molar-refractivity contribution in [3.8, 4) is 5.75 Å². The molecule has 178 valence electrons. The number of phenolic OH excluding ortho intramolecular Hbond substituents is 1. The maximum absolute atomic E-state index is 13.5.